The van der Waals surface area contributed by atoms with Crippen molar-refractivity contribution in [2.45, 2.75) is 25.2 Å². The van der Waals surface area contributed by atoms with Crippen LogP contribution in [0.2, 0.25) is 0 Å². The second kappa shape index (κ2) is 9.02. The maximum atomic E-state index is 13.0. The molecule has 0 radical (unpaired) electrons. The molecule has 0 spiro atoms. The molecule has 0 unspecified atom stereocenters. The number of alkyl halides is 1. The number of hydrogen-bond acceptors (Lipinski definition) is 4. The molecule has 2 rings (SSSR count). The third kappa shape index (κ3) is 5.30. The summed E-state index contributed by atoms with van der Waals surface area (Å²) in [6.07, 6.45) is 1.04. The average Bonchev–Trinajstić information content (AvgIpc) is 2.83. The molecule has 120 valence electrons. The normalized spacial score (nSPS) is 20.1. The summed E-state index contributed by atoms with van der Waals surface area (Å²) in [6, 6.07) is 3.33. The smallest absolute Gasteiger partial charge is 0.237 e. The van der Waals surface area contributed by atoms with E-state index in [-0.39, 0.29) is 43.7 Å². The third-order valence-electron chi connectivity index (χ3n) is 3.14. The van der Waals surface area contributed by atoms with E-state index in [0.717, 1.165) is 11.4 Å². The van der Waals surface area contributed by atoms with Gasteiger partial charge in [-0.05, 0) is 6.07 Å². The van der Waals surface area contributed by atoms with Crippen LogP contribution in [0, 0.1) is 0 Å². The monoisotopic (exact) mass is 338 g/mol. The largest absolute Gasteiger partial charge is 0.362 e. The predicted molar refractivity (Wildman–Crippen MR) is 86.2 cm³/mol. The maximum absolute atomic E-state index is 13.0. The van der Waals surface area contributed by atoms with Gasteiger partial charge in [-0.15, -0.1) is 24.8 Å². The Morgan fingerprint density at radius 1 is 1.52 bits per heavy atom. The molecule has 2 N–H and O–H groups in total. The minimum absolute atomic E-state index is 0. The van der Waals surface area contributed by atoms with E-state index in [4.69, 9.17) is 0 Å². The Bertz CT molecular complexity index is 462. The highest BCUT2D eigenvalue weighted by Gasteiger charge is 2.28. The van der Waals surface area contributed by atoms with Gasteiger partial charge in [-0.3, -0.25) is 4.79 Å². The van der Waals surface area contributed by atoms with Gasteiger partial charge in [-0.2, -0.15) is 0 Å². The number of nitrogens with one attached hydrogen (secondary N) is 2. The minimum atomic E-state index is -0.925. The van der Waals surface area contributed by atoms with Crippen molar-refractivity contribution in [1.82, 2.24) is 15.6 Å². The van der Waals surface area contributed by atoms with E-state index in [1.807, 2.05) is 31.1 Å². The first-order valence-electron chi connectivity index (χ1n) is 6.34. The predicted octanol–water partition coefficient (Wildman–Crippen LogP) is 1.31. The number of amides is 1. The Morgan fingerprint density at radius 2 is 2.24 bits per heavy atom. The molecule has 1 aliphatic heterocycles. The lowest BCUT2D eigenvalue weighted by molar-refractivity contribution is -0.123. The molecule has 8 heteroatoms. The number of halogens is 3. The third-order valence-corrected chi connectivity index (χ3v) is 3.14. The highest BCUT2D eigenvalue weighted by atomic mass is 35.5. The molecule has 1 aromatic heterocycles. The van der Waals surface area contributed by atoms with E-state index in [1.54, 1.807) is 6.20 Å². The van der Waals surface area contributed by atoms with Gasteiger partial charge >= 0.3 is 0 Å². The average molecular weight is 339 g/mol. The van der Waals surface area contributed by atoms with E-state index >= 15 is 0 Å². The first-order valence-corrected chi connectivity index (χ1v) is 6.34. The fraction of sp³-hybridized carbons (Fsp3) is 0.538. The fourth-order valence-corrected chi connectivity index (χ4v) is 2.17. The lowest BCUT2D eigenvalue weighted by Gasteiger charge is -2.17. The molecule has 0 aliphatic carbocycles. The first-order chi connectivity index (χ1) is 9.08. The molecule has 5 nitrogen and oxygen atoms in total. The van der Waals surface area contributed by atoms with Crippen molar-refractivity contribution < 1.29 is 9.18 Å². The molecule has 2 heterocycles. The second-order valence-corrected chi connectivity index (χ2v) is 4.89. The molecule has 0 aromatic carbocycles. The fourth-order valence-electron chi connectivity index (χ4n) is 2.17. The van der Waals surface area contributed by atoms with Gasteiger partial charge in [0, 0.05) is 45.4 Å². The lowest BCUT2D eigenvalue weighted by Crippen LogP contribution is -2.40. The van der Waals surface area contributed by atoms with Gasteiger partial charge in [-0.1, -0.05) is 6.07 Å². The van der Waals surface area contributed by atoms with Crippen LogP contribution in [0.4, 0.5) is 10.2 Å². The van der Waals surface area contributed by atoms with Crippen molar-refractivity contribution in [3.05, 3.63) is 23.9 Å². The number of rotatable bonds is 4. The maximum Gasteiger partial charge on any atom is 0.237 e. The van der Waals surface area contributed by atoms with Crippen LogP contribution in [-0.2, 0) is 11.3 Å². The van der Waals surface area contributed by atoms with Gasteiger partial charge < -0.3 is 15.5 Å². The standard InChI is InChI=1S/C13H19FN4O.2ClH/c1-18(2)12-9(4-3-5-15-12)7-17-13(19)11-6-10(14)8-16-11;;/h3-5,10-11,16H,6-8H2,1-2H3,(H,17,19);2*1H/t10-,11+;;/m0../s1. The molecule has 1 amide bonds. The summed E-state index contributed by atoms with van der Waals surface area (Å²) in [7, 11) is 3.81. The van der Waals surface area contributed by atoms with Crippen molar-refractivity contribution in [2.75, 3.05) is 25.5 Å². The van der Waals surface area contributed by atoms with Crippen LogP contribution in [0.15, 0.2) is 18.3 Å². The number of carbonyl (C=O) groups excluding carboxylic acids is 1. The molecular formula is C13H21Cl2FN4O. The van der Waals surface area contributed by atoms with Crippen molar-refractivity contribution in [1.29, 1.82) is 0 Å². The van der Waals surface area contributed by atoms with Crippen LogP contribution in [0.5, 0.6) is 0 Å². The van der Waals surface area contributed by atoms with Crippen molar-refractivity contribution >= 4 is 36.5 Å². The molecular weight excluding hydrogens is 318 g/mol. The van der Waals surface area contributed by atoms with Crippen LogP contribution in [-0.4, -0.2) is 43.7 Å². The highest BCUT2D eigenvalue weighted by molar-refractivity contribution is 5.85. The molecule has 0 bridgehead atoms. The zero-order chi connectivity index (χ0) is 13.8. The minimum Gasteiger partial charge on any atom is -0.362 e. The number of carbonyl (C=O) groups is 1. The molecule has 2 atom stereocenters. The van der Waals surface area contributed by atoms with E-state index in [9.17, 15) is 9.18 Å². The Morgan fingerprint density at radius 3 is 2.81 bits per heavy atom. The van der Waals surface area contributed by atoms with Crippen molar-refractivity contribution in [2.24, 2.45) is 0 Å². The first kappa shape index (κ1) is 19.9. The molecule has 1 aromatic rings. The quantitative estimate of drug-likeness (QED) is 0.869. The van der Waals surface area contributed by atoms with Gasteiger partial charge in [0.25, 0.3) is 0 Å². The Kier molecular flexibility index (Phi) is 8.54. The van der Waals surface area contributed by atoms with E-state index < -0.39 is 12.2 Å². The Hall–Kier alpha value is -1.11. The summed E-state index contributed by atoms with van der Waals surface area (Å²) < 4.78 is 13.0. The summed E-state index contributed by atoms with van der Waals surface area (Å²) in [5, 5.41) is 5.69. The van der Waals surface area contributed by atoms with Gasteiger partial charge in [0.05, 0.1) is 6.04 Å². The summed E-state index contributed by atoms with van der Waals surface area (Å²) in [5.74, 6) is 0.666. The SMILES string of the molecule is CN(C)c1ncccc1CNC(=O)[C@H]1C[C@H](F)CN1.Cl.Cl. The topological polar surface area (TPSA) is 57.3 Å². The van der Waals surface area contributed by atoms with Crippen LogP contribution in [0.25, 0.3) is 0 Å². The summed E-state index contributed by atoms with van der Waals surface area (Å²) >= 11 is 0. The van der Waals surface area contributed by atoms with Crippen LogP contribution in [0.3, 0.4) is 0 Å². The van der Waals surface area contributed by atoms with Crippen LogP contribution >= 0.6 is 24.8 Å². The number of pyridine rings is 1. The second-order valence-electron chi connectivity index (χ2n) is 4.89. The van der Waals surface area contributed by atoms with Crippen molar-refractivity contribution in [3.8, 4) is 0 Å². The van der Waals surface area contributed by atoms with Gasteiger partial charge in [0.2, 0.25) is 5.91 Å². The zero-order valence-electron chi connectivity index (χ0n) is 12.0. The number of aromatic nitrogens is 1. The van der Waals surface area contributed by atoms with Crippen LogP contribution < -0.4 is 15.5 Å². The number of nitrogens with zero attached hydrogens (tertiary/aromatic N) is 2. The van der Waals surface area contributed by atoms with Gasteiger partial charge in [0.1, 0.15) is 12.0 Å². The van der Waals surface area contributed by atoms with Crippen LogP contribution in [0.1, 0.15) is 12.0 Å². The molecule has 0 saturated carbocycles. The lowest BCUT2D eigenvalue weighted by atomic mass is 10.2. The molecule has 1 aliphatic rings. The summed E-state index contributed by atoms with van der Waals surface area (Å²) in [5.41, 5.74) is 0.940. The Labute approximate surface area is 136 Å². The van der Waals surface area contributed by atoms with E-state index in [0.29, 0.717) is 6.54 Å². The van der Waals surface area contributed by atoms with E-state index in [2.05, 4.69) is 15.6 Å². The highest BCUT2D eigenvalue weighted by Crippen LogP contribution is 2.14. The Balaban J connectivity index is 0.00000200. The van der Waals surface area contributed by atoms with Gasteiger partial charge in [0.15, 0.2) is 0 Å². The molecule has 1 fully saturated rings. The zero-order valence-corrected chi connectivity index (χ0v) is 13.6. The molecule has 21 heavy (non-hydrogen) atoms. The summed E-state index contributed by atoms with van der Waals surface area (Å²) in [4.78, 5) is 18.0. The molecule has 1 saturated heterocycles. The number of anilines is 1. The summed E-state index contributed by atoms with van der Waals surface area (Å²) in [6.45, 7) is 0.656. The van der Waals surface area contributed by atoms with E-state index in [1.165, 1.54) is 0 Å². The van der Waals surface area contributed by atoms with Gasteiger partial charge in [-0.25, -0.2) is 9.37 Å². The number of hydrogen-bond donors (Lipinski definition) is 2. The van der Waals surface area contributed by atoms with Crippen molar-refractivity contribution in [3.63, 3.8) is 0 Å².